The lowest BCUT2D eigenvalue weighted by atomic mass is 10.1. The van der Waals surface area contributed by atoms with Crippen molar-refractivity contribution >= 4 is 23.3 Å². The zero-order valence-corrected chi connectivity index (χ0v) is 19.3. The van der Waals surface area contributed by atoms with E-state index in [1.807, 2.05) is 24.3 Å². The van der Waals surface area contributed by atoms with Crippen LogP contribution in [0.4, 0.5) is 49.6 Å². The van der Waals surface area contributed by atoms with Crippen LogP contribution in [0, 0.1) is 0 Å². The third kappa shape index (κ3) is 7.84. The molecule has 3 N–H and O–H groups in total. The second-order valence-corrected chi connectivity index (χ2v) is 8.13. The molecule has 0 radical (unpaired) electrons. The molecule has 198 valence electrons. The van der Waals surface area contributed by atoms with Crippen LogP contribution >= 0.6 is 0 Å². The standard InChI is InChI=1S/C23H23F6N7O/c24-22(25,26)14-37-21-34-19(31-13-15-3-1-6-18(11-15)36-9-7-30-8-10-36)33-20(35-21)32-17-5-2-4-16(12-17)23(27,28)29/h1-6,11-12,30H,7-10,13-14H2,(H2,31,32,33,34,35). The van der Waals surface area contributed by atoms with Crippen LogP contribution in [0.3, 0.4) is 0 Å². The first-order chi connectivity index (χ1) is 17.5. The average Bonchev–Trinajstić information content (AvgIpc) is 2.86. The molecule has 8 nitrogen and oxygen atoms in total. The van der Waals surface area contributed by atoms with Crippen LogP contribution in [0.15, 0.2) is 48.5 Å². The third-order valence-electron chi connectivity index (χ3n) is 5.27. The second-order valence-electron chi connectivity index (χ2n) is 8.13. The Morgan fingerprint density at radius 2 is 1.62 bits per heavy atom. The summed E-state index contributed by atoms with van der Waals surface area (Å²) >= 11 is 0. The molecule has 1 fully saturated rings. The Bertz CT molecular complexity index is 1200. The van der Waals surface area contributed by atoms with Gasteiger partial charge in [-0.25, -0.2) is 0 Å². The number of benzene rings is 2. The van der Waals surface area contributed by atoms with Gasteiger partial charge in [-0.15, -0.1) is 0 Å². The maximum atomic E-state index is 13.0. The van der Waals surface area contributed by atoms with E-state index in [4.69, 9.17) is 0 Å². The molecule has 0 spiro atoms. The highest BCUT2D eigenvalue weighted by Gasteiger charge is 2.31. The first-order valence-electron chi connectivity index (χ1n) is 11.2. The van der Waals surface area contributed by atoms with Gasteiger partial charge in [-0.1, -0.05) is 18.2 Å². The molecular formula is C23H23F6N7O. The highest BCUT2D eigenvalue weighted by Crippen LogP contribution is 2.31. The number of piperazine rings is 1. The number of ether oxygens (including phenoxy) is 1. The van der Waals surface area contributed by atoms with E-state index < -0.39 is 30.5 Å². The number of halogens is 6. The normalized spacial score (nSPS) is 14.4. The van der Waals surface area contributed by atoms with Crippen LogP contribution in [-0.2, 0) is 12.7 Å². The van der Waals surface area contributed by atoms with Gasteiger partial charge in [-0.3, -0.25) is 0 Å². The monoisotopic (exact) mass is 527 g/mol. The first kappa shape index (κ1) is 26.3. The molecule has 4 rings (SSSR count). The van der Waals surface area contributed by atoms with Gasteiger partial charge < -0.3 is 25.6 Å². The smallest absolute Gasteiger partial charge is 0.422 e. The Kier molecular flexibility index (Phi) is 7.86. The van der Waals surface area contributed by atoms with Crippen LogP contribution in [0.25, 0.3) is 0 Å². The Labute approximate surface area is 208 Å². The lowest BCUT2D eigenvalue weighted by molar-refractivity contribution is -0.154. The molecule has 0 amide bonds. The van der Waals surface area contributed by atoms with Crippen molar-refractivity contribution in [3.8, 4) is 6.01 Å². The van der Waals surface area contributed by atoms with Crippen molar-refractivity contribution in [3.63, 3.8) is 0 Å². The minimum atomic E-state index is -4.64. The Morgan fingerprint density at radius 1 is 0.892 bits per heavy atom. The molecule has 0 bridgehead atoms. The molecule has 0 saturated carbocycles. The highest BCUT2D eigenvalue weighted by molar-refractivity contribution is 5.56. The van der Waals surface area contributed by atoms with E-state index in [1.54, 1.807) is 0 Å². The maximum Gasteiger partial charge on any atom is 0.422 e. The van der Waals surface area contributed by atoms with Crippen molar-refractivity contribution in [2.24, 2.45) is 0 Å². The summed E-state index contributed by atoms with van der Waals surface area (Å²) in [6, 6.07) is 11.3. The highest BCUT2D eigenvalue weighted by atomic mass is 19.4. The predicted molar refractivity (Wildman–Crippen MR) is 125 cm³/mol. The van der Waals surface area contributed by atoms with Gasteiger partial charge in [-0.05, 0) is 35.9 Å². The number of nitrogens with zero attached hydrogens (tertiary/aromatic N) is 4. The number of hydrogen-bond acceptors (Lipinski definition) is 8. The van der Waals surface area contributed by atoms with Crippen molar-refractivity contribution < 1.29 is 31.1 Å². The van der Waals surface area contributed by atoms with E-state index >= 15 is 0 Å². The molecule has 0 atom stereocenters. The zero-order valence-electron chi connectivity index (χ0n) is 19.3. The van der Waals surface area contributed by atoms with Crippen LogP contribution in [0.1, 0.15) is 11.1 Å². The number of aromatic nitrogens is 3. The van der Waals surface area contributed by atoms with E-state index in [2.05, 4.69) is 40.5 Å². The number of rotatable bonds is 8. The molecule has 3 aromatic rings. The van der Waals surface area contributed by atoms with Gasteiger partial charge in [0.15, 0.2) is 6.61 Å². The molecule has 14 heteroatoms. The SMILES string of the molecule is FC(F)(F)COc1nc(NCc2cccc(N3CCNCC3)c2)nc(Nc2cccc(C(F)(F)F)c2)n1. The molecule has 2 heterocycles. The molecule has 0 unspecified atom stereocenters. The van der Waals surface area contributed by atoms with Crippen LogP contribution in [0.5, 0.6) is 6.01 Å². The van der Waals surface area contributed by atoms with Crippen molar-refractivity contribution in [1.29, 1.82) is 0 Å². The van der Waals surface area contributed by atoms with Crippen molar-refractivity contribution in [2.45, 2.75) is 18.9 Å². The zero-order chi connectivity index (χ0) is 26.5. The summed E-state index contributed by atoms with van der Waals surface area (Å²) in [4.78, 5) is 13.9. The predicted octanol–water partition coefficient (Wildman–Crippen LogP) is 4.60. The van der Waals surface area contributed by atoms with Gasteiger partial charge >= 0.3 is 18.4 Å². The number of alkyl halides is 6. The third-order valence-corrected chi connectivity index (χ3v) is 5.27. The van der Waals surface area contributed by atoms with Gasteiger partial charge in [0.2, 0.25) is 11.9 Å². The number of hydrogen-bond donors (Lipinski definition) is 3. The summed E-state index contributed by atoms with van der Waals surface area (Å²) in [5.74, 6) is -0.405. The molecule has 37 heavy (non-hydrogen) atoms. The number of anilines is 4. The maximum absolute atomic E-state index is 13.0. The van der Waals surface area contributed by atoms with E-state index in [0.717, 1.165) is 49.6 Å². The fourth-order valence-corrected chi connectivity index (χ4v) is 3.57. The van der Waals surface area contributed by atoms with Crippen LogP contribution in [-0.4, -0.2) is 53.9 Å². The summed E-state index contributed by atoms with van der Waals surface area (Å²) in [6.45, 7) is 2.03. The van der Waals surface area contributed by atoms with Gasteiger partial charge in [-0.2, -0.15) is 41.3 Å². The van der Waals surface area contributed by atoms with Gasteiger partial charge in [0, 0.05) is 44.1 Å². The Hall–Kier alpha value is -3.81. The van der Waals surface area contributed by atoms with Crippen molar-refractivity contribution in [3.05, 3.63) is 59.7 Å². The minimum absolute atomic E-state index is 0.0162. The Morgan fingerprint density at radius 3 is 2.35 bits per heavy atom. The molecular weight excluding hydrogens is 504 g/mol. The quantitative estimate of drug-likeness (QED) is 0.367. The summed E-state index contributed by atoms with van der Waals surface area (Å²) in [5.41, 5.74) is 0.958. The lowest BCUT2D eigenvalue weighted by Gasteiger charge is -2.29. The van der Waals surface area contributed by atoms with Crippen molar-refractivity contribution in [2.75, 3.05) is 48.3 Å². The molecule has 0 aliphatic carbocycles. The second kappa shape index (κ2) is 11.1. The van der Waals surface area contributed by atoms with Gasteiger partial charge in [0.05, 0.1) is 5.56 Å². The van der Waals surface area contributed by atoms with Crippen molar-refractivity contribution in [1.82, 2.24) is 20.3 Å². The fraction of sp³-hybridized carbons (Fsp3) is 0.348. The lowest BCUT2D eigenvalue weighted by Crippen LogP contribution is -2.43. The summed E-state index contributed by atoms with van der Waals surface area (Å²) in [5, 5.41) is 8.77. The first-order valence-corrected chi connectivity index (χ1v) is 11.2. The average molecular weight is 527 g/mol. The molecule has 1 aromatic heterocycles. The van der Waals surface area contributed by atoms with E-state index in [9.17, 15) is 26.3 Å². The fourth-order valence-electron chi connectivity index (χ4n) is 3.57. The van der Waals surface area contributed by atoms with Crippen LogP contribution in [0.2, 0.25) is 0 Å². The van der Waals surface area contributed by atoms with E-state index in [1.165, 1.54) is 12.1 Å². The van der Waals surface area contributed by atoms with E-state index in [0.29, 0.717) is 0 Å². The summed E-state index contributed by atoms with van der Waals surface area (Å²) in [7, 11) is 0. The van der Waals surface area contributed by atoms with Gasteiger partial charge in [0.25, 0.3) is 0 Å². The summed E-state index contributed by atoms with van der Waals surface area (Å²) in [6.07, 6.45) is -9.22. The number of nitrogens with one attached hydrogen (secondary N) is 3. The van der Waals surface area contributed by atoms with E-state index in [-0.39, 0.29) is 24.1 Å². The molecule has 1 saturated heterocycles. The molecule has 2 aromatic carbocycles. The topological polar surface area (TPSA) is 87.2 Å². The van der Waals surface area contributed by atoms with Gasteiger partial charge in [0.1, 0.15) is 0 Å². The minimum Gasteiger partial charge on any atom is -0.454 e. The molecule has 1 aliphatic rings. The largest absolute Gasteiger partial charge is 0.454 e. The summed E-state index contributed by atoms with van der Waals surface area (Å²) < 4.78 is 81.8. The Balaban J connectivity index is 1.53. The van der Waals surface area contributed by atoms with Crippen LogP contribution < -0.4 is 25.6 Å². The molecule has 1 aliphatic heterocycles.